The molecule has 4 aliphatic carbocycles. The Morgan fingerprint density at radius 3 is 2.73 bits per heavy atom. The molecule has 4 aliphatic rings. The number of carboxylic acid groups (broad SMARTS) is 1. The Morgan fingerprint density at radius 1 is 1.14 bits per heavy atom. The maximum absolute atomic E-state index is 12.3. The lowest BCUT2D eigenvalue weighted by molar-refractivity contribution is -0.159. The summed E-state index contributed by atoms with van der Waals surface area (Å²) in [6, 6.07) is 0. The summed E-state index contributed by atoms with van der Waals surface area (Å²) in [6.45, 7) is 2.43. The van der Waals surface area contributed by atoms with Crippen LogP contribution >= 0.6 is 0 Å². The zero-order valence-electron chi connectivity index (χ0n) is 13.4. The average molecular weight is 302 g/mol. The molecule has 3 nitrogen and oxygen atoms in total. The van der Waals surface area contributed by atoms with E-state index in [9.17, 15) is 14.7 Å². The van der Waals surface area contributed by atoms with Gasteiger partial charge in [-0.25, -0.2) is 0 Å². The zero-order valence-corrected chi connectivity index (χ0v) is 13.4. The molecule has 3 saturated carbocycles. The van der Waals surface area contributed by atoms with Crippen molar-refractivity contribution in [1.82, 2.24) is 0 Å². The molecule has 0 spiro atoms. The maximum Gasteiger partial charge on any atom is 0.314 e. The second-order valence-corrected chi connectivity index (χ2v) is 8.41. The SMILES string of the molecule is C[C@@]12CCC[C@H]1[C@@H]1CCC3=CC(=O)CC[C@]3(C(=O)O)[C@H]1CC2. The highest BCUT2D eigenvalue weighted by Gasteiger charge is 2.60. The summed E-state index contributed by atoms with van der Waals surface area (Å²) in [5.74, 6) is 0.994. The molecule has 0 amide bonds. The monoisotopic (exact) mass is 302 g/mol. The van der Waals surface area contributed by atoms with Crippen LogP contribution in [0.2, 0.25) is 0 Å². The molecular formula is C19H26O3. The zero-order chi connectivity index (χ0) is 15.5. The summed E-state index contributed by atoms with van der Waals surface area (Å²) in [5, 5.41) is 10.1. The molecule has 0 bridgehead atoms. The number of carboxylic acids is 1. The molecule has 3 heteroatoms. The van der Waals surface area contributed by atoms with Crippen LogP contribution in [0.25, 0.3) is 0 Å². The van der Waals surface area contributed by atoms with Crippen molar-refractivity contribution in [2.45, 2.75) is 64.7 Å². The third kappa shape index (κ3) is 1.74. The van der Waals surface area contributed by atoms with E-state index in [1.807, 2.05) is 0 Å². The molecule has 0 radical (unpaired) electrons. The molecule has 22 heavy (non-hydrogen) atoms. The highest BCUT2D eigenvalue weighted by Crippen LogP contribution is 2.65. The molecule has 0 aromatic rings. The minimum atomic E-state index is -0.721. The van der Waals surface area contributed by atoms with Gasteiger partial charge in [-0.15, -0.1) is 0 Å². The van der Waals surface area contributed by atoms with E-state index in [-0.39, 0.29) is 11.7 Å². The molecule has 1 N–H and O–H groups in total. The van der Waals surface area contributed by atoms with Gasteiger partial charge in [-0.2, -0.15) is 0 Å². The molecule has 4 rings (SSSR count). The normalized spacial score (nSPS) is 47.2. The predicted octanol–water partition coefficient (Wildman–Crippen LogP) is 3.97. The van der Waals surface area contributed by atoms with Gasteiger partial charge < -0.3 is 5.11 Å². The van der Waals surface area contributed by atoms with E-state index in [4.69, 9.17) is 0 Å². The summed E-state index contributed by atoms with van der Waals surface area (Å²) >= 11 is 0. The van der Waals surface area contributed by atoms with Crippen molar-refractivity contribution >= 4 is 11.8 Å². The molecule has 0 unspecified atom stereocenters. The van der Waals surface area contributed by atoms with E-state index in [1.54, 1.807) is 6.08 Å². The van der Waals surface area contributed by atoms with Crippen LogP contribution in [-0.2, 0) is 9.59 Å². The minimum absolute atomic E-state index is 0.131. The van der Waals surface area contributed by atoms with Crippen molar-refractivity contribution < 1.29 is 14.7 Å². The van der Waals surface area contributed by atoms with Crippen molar-refractivity contribution in [2.75, 3.05) is 0 Å². The van der Waals surface area contributed by atoms with Gasteiger partial charge in [0.25, 0.3) is 0 Å². The van der Waals surface area contributed by atoms with E-state index >= 15 is 0 Å². The number of hydrogen-bond donors (Lipinski definition) is 1. The Balaban J connectivity index is 1.77. The van der Waals surface area contributed by atoms with Gasteiger partial charge in [0.1, 0.15) is 0 Å². The summed E-state index contributed by atoms with van der Waals surface area (Å²) < 4.78 is 0. The number of fused-ring (bicyclic) bond motifs is 5. The van der Waals surface area contributed by atoms with Gasteiger partial charge in [-0.05, 0) is 79.8 Å². The van der Waals surface area contributed by atoms with Crippen molar-refractivity contribution in [3.8, 4) is 0 Å². The maximum atomic E-state index is 12.3. The number of aliphatic carboxylic acids is 1. The van der Waals surface area contributed by atoms with Gasteiger partial charge in [0.2, 0.25) is 0 Å². The first-order chi connectivity index (χ1) is 10.5. The molecule has 0 saturated heterocycles. The third-order valence-electron chi connectivity index (χ3n) is 7.65. The molecule has 0 aliphatic heterocycles. The summed E-state index contributed by atoms with van der Waals surface area (Å²) in [5.41, 5.74) is 0.673. The van der Waals surface area contributed by atoms with Crippen LogP contribution < -0.4 is 0 Å². The molecular weight excluding hydrogens is 276 g/mol. The largest absolute Gasteiger partial charge is 0.481 e. The van der Waals surface area contributed by atoms with Crippen LogP contribution in [0.3, 0.4) is 0 Å². The van der Waals surface area contributed by atoms with Crippen molar-refractivity contribution in [3.05, 3.63) is 11.6 Å². The van der Waals surface area contributed by atoms with Gasteiger partial charge >= 0.3 is 5.97 Å². The Bertz CT molecular complexity index is 563. The van der Waals surface area contributed by atoms with Crippen LogP contribution in [-0.4, -0.2) is 16.9 Å². The lowest BCUT2D eigenvalue weighted by Crippen LogP contribution is -2.53. The fourth-order valence-electron chi connectivity index (χ4n) is 6.61. The standard InChI is InChI=1S/C19H26O3/c1-18-8-2-3-15(18)14-5-4-12-11-13(20)6-10-19(12,17(21)22)16(14)7-9-18/h11,14-16H,2-10H2,1H3,(H,21,22)/t14-,15-,16-,18-,19+/m0/s1. The fourth-order valence-corrected chi connectivity index (χ4v) is 6.61. The molecule has 120 valence electrons. The third-order valence-corrected chi connectivity index (χ3v) is 7.65. The predicted molar refractivity (Wildman–Crippen MR) is 83.3 cm³/mol. The first-order valence-corrected chi connectivity index (χ1v) is 8.95. The molecule has 0 aromatic carbocycles. The van der Waals surface area contributed by atoms with Gasteiger partial charge in [0, 0.05) is 6.42 Å². The summed E-state index contributed by atoms with van der Waals surface area (Å²) in [6.07, 6.45) is 10.7. The smallest absolute Gasteiger partial charge is 0.314 e. The highest BCUT2D eigenvalue weighted by atomic mass is 16.4. The quantitative estimate of drug-likeness (QED) is 0.797. The first kappa shape index (κ1) is 14.5. The first-order valence-electron chi connectivity index (χ1n) is 8.95. The van der Waals surface area contributed by atoms with Crippen LogP contribution in [0.15, 0.2) is 11.6 Å². The van der Waals surface area contributed by atoms with Crippen LogP contribution in [0.4, 0.5) is 0 Å². The Morgan fingerprint density at radius 2 is 1.95 bits per heavy atom. The minimum Gasteiger partial charge on any atom is -0.481 e. The van der Waals surface area contributed by atoms with Crippen molar-refractivity contribution in [1.29, 1.82) is 0 Å². The van der Waals surface area contributed by atoms with Gasteiger partial charge in [0.15, 0.2) is 5.78 Å². The summed E-state index contributed by atoms with van der Waals surface area (Å²) in [4.78, 5) is 24.1. The van der Waals surface area contributed by atoms with Gasteiger partial charge in [-0.3, -0.25) is 9.59 Å². The fraction of sp³-hybridized carbons (Fsp3) is 0.789. The lowest BCUT2D eigenvalue weighted by atomic mass is 9.47. The number of rotatable bonds is 1. The van der Waals surface area contributed by atoms with E-state index in [2.05, 4.69) is 6.92 Å². The highest BCUT2D eigenvalue weighted by molar-refractivity contribution is 5.95. The van der Waals surface area contributed by atoms with Gasteiger partial charge in [0.05, 0.1) is 5.41 Å². The summed E-state index contributed by atoms with van der Waals surface area (Å²) in [7, 11) is 0. The molecule has 3 fully saturated rings. The second kappa shape index (κ2) is 4.69. The second-order valence-electron chi connectivity index (χ2n) is 8.41. The van der Waals surface area contributed by atoms with Crippen LogP contribution in [0.1, 0.15) is 64.7 Å². The van der Waals surface area contributed by atoms with Crippen molar-refractivity contribution in [3.63, 3.8) is 0 Å². The molecule has 0 aromatic heterocycles. The van der Waals surface area contributed by atoms with E-state index in [0.29, 0.717) is 30.1 Å². The number of carbonyl (C=O) groups is 2. The number of ketones is 1. The average Bonchev–Trinajstić information content (AvgIpc) is 2.88. The van der Waals surface area contributed by atoms with E-state index < -0.39 is 11.4 Å². The van der Waals surface area contributed by atoms with Crippen molar-refractivity contribution in [2.24, 2.45) is 28.6 Å². The number of carbonyl (C=O) groups excluding carboxylic acids is 1. The van der Waals surface area contributed by atoms with E-state index in [0.717, 1.165) is 24.8 Å². The number of hydrogen-bond acceptors (Lipinski definition) is 2. The van der Waals surface area contributed by atoms with E-state index in [1.165, 1.54) is 25.7 Å². The topological polar surface area (TPSA) is 54.4 Å². The molecule has 0 heterocycles. The van der Waals surface area contributed by atoms with Crippen LogP contribution in [0.5, 0.6) is 0 Å². The Kier molecular flexibility index (Phi) is 3.08. The molecule has 5 atom stereocenters. The Hall–Kier alpha value is -1.12. The lowest BCUT2D eigenvalue weighted by Gasteiger charge is -2.56. The van der Waals surface area contributed by atoms with Gasteiger partial charge in [-0.1, -0.05) is 13.3 Å². The van der Waals surface area contributed by atoms with Crippen LogP contribution in [0, 0.1) is 28.6 Å². The Labute approximate surface area is 132 Å².